The Morgan fingerprint density at radius 3 is 2.69 bits per heavy atom. The highest BCUT2D eigenvalue weighted by atomic mass is 32.1. The Kier molecular flexibility index (Phi) is 7.35. The normalized spacial score (nSPS) is 20.7. The van der Waals surface area contributed by atoms with Gasteiger partial charge in [-0.15, -0.1) is 0 Å². The molecule has 32 heavy (non-hydrogen) atoms. The van der Waals surface area contributed by atoms with E-state index in [0.717, 1.165) is 55.2 Å². The third-order valence-electron chi connectivity index (χ3n) is 6.70. The summed E-state index contributed by atoms with van der Waals surface area (Å²) in [6.07, 6.45) is 7.37. The molecule has 0 spiro atoms. The van der Waals surface area contributed by atoms with E-state index in [0.29, 0.717) is 10.9 Å². The molecule has 0 aromatic carbocycles. The van der Waals surface area contributed by atoms with Crippen molar-refractivity contribution in [1.82, 2.24) is 20.2 Å². The summed E-state index contributed by atoms with van der Waals surface area (Å²) in [5.74, 6) is -0.296. The second-order valence-corrected chi connectivity index (χ2v) is 10.1. The van der Waals surface area contributed by atoms with Gasteiger partial charge >= 0.3 is 0 Å². The second-order valence-electron chi connectivity index (χ2n) is 9.13. The van der Waals surface area contributed by atoms with Crippen LogP contribution in [0.1, 0.15) is 54.9 Å². The van der Waals surface area contributed by atoms with Gasteiger partial charge in [0.25, 0.3) is 5.91 Å². The van der Waals surface area contributed by atoms with Gasteiger partial charge in [-0.1, -0.05) is 25.2 Å². The third kappa shape index (κ3) is 5.43. The van der Waals surface area contributed by atoms with Crippen LogP contribution in [0.15, 0.2) is 18.5 Å². The fourth-order valence-corrected chi connectivity index (χ4v) is 5.56. The van der Waals surface area contributed by atoms with Crippen molar-refractivity contribution in [2.75, 3.05) is 31.1 Å². The first-order chi connectivity index (χ1) is 15.4. The lowest BCUT2D eigenvalue weighted by molar-refractivity contribution is 0.0890. The number of pyridine rings is 1. The maximum atomic E-state index is 13.7. The minimum Gasteiger partial charge on any atom is -0.348 e. The lowest BCUT2D eigenvalue weighted by Gasteiger charge is -2.43. The fraction of sp³-hybridized carbons (Fsp3) is 0.609. The molecule has 0 saturated carbocycles. The molecule has 0 bridgehead atoms. The summed E-state index contributed by atoms with van der Waals surface area (Å²) in [5.41, 5.74) is 0.00368. The first-order valence-corrected chi connectivity index (χ1v) is 12.2. The summed E-state index contributed by atoms with van der Waals surface area (Å²) in [5, 5.41) is 3.48. The fourth-order valence-electron chi connectivity index (χ4n) is 4.68. The molecule has 2 aliphatic rings. The molecule has 6 nitrogen and oxygen atoms in total. The summed E-state index contributed by atoms with van der Waals surface area (Å²) in [7, 11) is 0. The smallest absolute Gasteiger partial charge is 0.263 e. The van der Waals surface area contributed by atoms with Crippen LogP contribution in [0.4, 0.5) is 13.9 Å². The average molecular weight is 464 g/mol. The van der Waals surface area contributed by atoms with Crippen LogP contribution in [0.3, 0.4) is 0 Å². The zero-order valence-electron chi connectivity index (χ0n) is 18.7. The van der Waals surface area contributed by atoms with Crippen molar-refractivity contribution in [3.8, 4) is 0 Å². The van der Waals surface area contributed by atoms with Crippen molar-refractivity contribution in [1.29, 1.82) is 0 Å². The van der Waals surface area contributed by atoms with Crippen molar-refractivity contribution in [3.05, 3.63) is 40.7 Å². The first kappa shape index (κ1) is 23.0. The van der Waals surface area contributed by atoms with Crippen LogP contribution in [0.2, 0.25) is 0 Å². The molecule has 2 aromatic rings. The number of hydrogen-bond donors (Lipinski definition) is 1. The Bertz CT molecular complexity index is 929. The van der Waals surface area contributed by atoms with Gasteiger partial charge in [-0.25, -0.2) is 13.8 Å². The SMILES string of the molecule is CC(C)[C@H]1CCCN(C2CCN(c3ncc(C(=O)NCc4ncc(F)cc4F)s3)CC2)C1. The number of nitrogens with one attached hydrogen (secondary N) is 1. The van der Waals surface area contributed by atoms with Gasteiger partial charge in [-0.05, 0) is 44.1 Å². The van der Waals surface area contributed by atoms with Gasteiger partial charge < -0.3 is 10.2 Å². The summed E-state index contributed by atoms with van der Waals surface area (Å²) in [6, 6.07) is 1.39. The number of piperidine rings is 2. The Morgan fingerprint density at radius 2 is 1.97 bits per heavy atom. The molecular formula is C23H31F2N5OS. The Balaban J connectivity index is 1.28. The van der Waals surface area contributed by atoms with Crippen molar-refractivity contribution in [2.24, 2.45) is 11.8 Å². The first-order valence-electron chi connectivity index (χ1n) is 11.4. The highest BCUT2D eigenvalue weighted by molar-refractivity contribution is 7.17. The van der Waals surface area contributed by atoms with Crippen molar-refractivity contribution < 1.29 is 13.6 Å². The van der Waals surface area contributed by atoms with E-state index < -0.39 is 11.6 Å². The Labute approximate surface area is 192 Å². The standard InChI is InChI=1S/C23H31F2N5OS/c1-15(2)16-4-3-7-30(14-16)18-5-8-29(9-6-18)23-28-13-21(32-23)22(31)27-12-20-19(25)10-17(24)11-26-20/h10-11,13,15-16,18H,3-9,12,14H2,1-2H3,(H,27,31)/t16-/m0/s1. The van der Waals surface area contributed by atoms with Crippen LogP contribution in [-0.4, -0.2) is 53.0 Å². The zero-order valence-corrected chi connectivity index (χ0v) is 19.5. The van der Waals surface area contributed by atoms with E-state index in [1.165, 1.54) is 37.3 Å². The summed E-state index contributed by atoms with van der Waals surface area (Å²) in [6.45, 7) is 8.86. The van der Waals surface area contributed by atoms with E-state index in [4.69, 9.17) is 0 Å². The molecule has 2 fully saturated rings. The molecule has 0 radical (unpaired) electrons. The van der Waals surface area contributed by atoms with Crippen molar-refractivity contribution in [2.45, 2.75) is 52.1 Å². The molecule has 2 aliphatic heterocycles. The summed E-state index contributed by atoms with van der Waals surface area (Å²) < 4.78 is 26.7. The van der Waals surface area contributed by atoms with Gasteiger partial charge in [-0.2, -0.15) is 0 Å². The van der Waals surface area contributed by atoms with E-state index in [2.05, 4.69) is 38.9 Å². The molecule has 1 N–H and O–H groups in total. The van der Waals surface area contributed by atoms with E-state index in [9.17, 15) is 13.6 Å². The second kappa shape index (κ2) is 10.2. The molecular weight excluding hydrogens is 432 g/mol. The highest BCUT2D eigenvalue weighted by Crippen LogP contribution is 2.30. The van der Waals surface area contributed by atoms with Crippen molar-refractivity contribution in [3.63, 3.8) is 0 Å². The molecule has 1 amide bonds. The highest BCUT2D eigenvalue weighted by Gasteiger charge is 2.30. The van der Waals surface area contributed by atoms with Gasteiger partial charge in [0.05, 0.1) is 24.6 Å². The van der Waals surface area contributed by atoms with Gasteiger partial charge in [0.2, 0.25) is 0 Å². The number of rotatable bonds is 6. The number of carbonyl (C=O) groups is 1. The van der Waals surface area contributed by atoms with Crippen LogP contribution in [0.25, 0.3) is 0 Å². The van der Waals surface area contributed by atoms with Gasteiger partial charge in [-0.3, -0.25) is 14.7 Å². The monoisotopic (exact) mass is 463 g/mol. The Hall–Kier alpha value is -2.13. The molecule has 2 saturated heterocycles. The van der Waals surface area contributed by atoms with Gasteiger partial charge in [0.1, 0.15) is 16.5 Å². The van der Waals surface area contributed by atoms with E-state index in [-0.39, 0.29) is 18.1 Å². The average Bonchev–Trinajstić information content (AvgIpc) is 3.29. The molecule has 2 aromatic heterocycles. The van der Waals surface area contributed by atoms with Crippen LogP contribution in [0.5, 0.6) is 0 Å². The summed E-state index contributed by atoms with van der Waals surface area (Å²) in [4.78, 5) is 26.0. The number of nitrogens with zero attached hydrogens (tertiary/aromatic N) is 4. The number of halogens is 2. The molecule has 174 valence electrons. The predicted octanol–water partition coefficient (Wildman–Crippen LogP) is 4.08. The number of hydrogen-bond acceptors (Lipinski definition) is 6. The Morgan fingerprint density at radius 1 is 1.19 bits per heavy atom. The topological polar surface area (TPSA) is 61.4 Å². The maximum absolute atomic E-state index is 13.7. The van der Waals surface area contributed by atoms with Crippen LogP contribution in [-0.2, 0) is 6.54 Å². The largest absolute Gasteiger partial charge is 0.348 e. The maximum Gasteiger partial charge on any atom is 0.263 e. The minimum absolute atomic E-state index is 0.00368. The molecule has 4 heterocycles. The predicted molar refractivity (Wildman–Crippen MR) is 122 cm³/mol. The van der Waals surface area contributed by atoms with Crippen LogP contribution >= 0.6 is 11.3 Å². The van der Waals surface area contributed by atoms with E-state index in [1.54, 1.807) is 6.20 Å². The third-order valence-corrected chi connectivity index (χ3v) is 7.76. The molecule has 9 heteroatoms. The molecule has 4 rings (SSSR count). The number of aromatic nitrogens is 2. The van der Waals surface area contributed by atoms with Crippen LogP contribution < -0.4 is 10.2 Å². The van der Waals surface area contributed by atoms with E-state index in [1.807, 2.05) is 0 Å². The number of amides is 1. The van der Waals surface area contributed by atoms with Crippen LogP contribution in [0, 0.1) is 23.5 Å². The van der Waals surface area contributed by atoms with E-state index >= 15 is 0 Å². The molecule has 1 atom stereocenters. The molecule has 0 unspecified atom stereocenters. The molecule has 0 aliphatic carbocycles. The number of anilines is 1. The summed E-state index contributed by atoms with van der Waals surface area (Å²) >= 11 is 1.35. The van der Waals surface area contributed by atoms with Crippen molar-refractivity contribution >= 4 is 22.4 Å². The zero-order chi connectivity index (χ0) is 22.7. The number of likely N-dealkylation sites (tertiary alicyclic amines) is 1. The quantitative estimate of drug-likeness (QED) is 0.700. The van der Waals surface area contributed by atoms with Gasteiger partial charge in [0, 0.05) is 31.7 Å². The number of thiazole rings is 1. The van der Waals surface area contributed by atoms with Gasteiger partial charge in [0.15, 0.2) is 5.13 Å². The lowest BCUT2D eigenvalue weighted by atomic mass is 9.86. The lowest BCUT2D eigenvalue weighted by Crippen LogP contribution is -2.49. The minimum atomic E-state index is -0.772. The number of carbonyl (C=O) groups excluding carboxylic acids is 1.